The summed E-state index contributed by atoms with van der Waals surface area (Å²) in [6, 6.07) is 5.57. The van der Waals surface area contributed by atoms with Crippen molar-refractivity contribution in [1.82, 2.24) is 19.2 Å². The van der Waals surface area contributed by atoms with Gasteiger partial charge in [0.2, 0.25) is 0 Å². The molecule has 2 aromatic rings. The number of nitrogens with zero attached hydrogens (tertiary/aromatic N) is 4. The van der Waals surface area contributed by atoms with Gasteiger partial charge in [0.05, 0.1) is 11.7 Å². The van der Waals surface area contributed by atoms with Gasteiger partial charge in [-0.25, -0.2) is 0 Å². The van der Waals surface area contributed by atoms with Crippen LogP contribution in [0, 0.1) is 13.8 Å². The van der Waals surface area contributed by atoms with Crippen LogP contribution in [-0.4, -0.2) is 38.2 Å². The fourth-order valence-electron chi connectivity index (χ4n) is 3.29. The number of carbonyl (C=O) groups excluding carboxylic acids is 1. The minimum absolute atomic E-state index is 0.175. The van der Waals surface area contributed by atoms with Crippen molar-refractivity contribution in [2.45, 2.75) is 32.7 Å². The summed E-state index contributed by atoms with van der Waals surface area (Å²) in [7, 11) is 1.66. The van der Waals surface area contributed by atoms with Crippen molar-refractivity contribution >= 4 is 5.91 Å². The number of aromatic nitrogens is 3. The topological polar surface area (TPSA) is 60.1 Å². The van der Waals surface area contributed by atoms with E-state index in [-0.39, 0.29) is 23.1 Å². The number of pyridine rings is 1. The van der Waals surface area contributed by atoms with Crippen LogP contribution in [0.5, 0.6) is 0 Å². The monoisotopic (exact) mass is 314 g/mol. The highest BCUT2D eigenvalue weighted by molar-refractivity contribution is 5.93. The zero-order valence-electron chi connectivity index (χ0n) is 13.8. The number of aryl methyl sites for hydroxylation is 3. The van der Waals surface area contributed by atoms with Crippen LogP contribution in [0.1, 0.15) is 40.6 Å². The Kier molecular flexibility index (Phi) is 4.07. The maximum atomic E-state index is 12.7. The summed E-state index contributed by atoms with van der Waals surface area (Å²) in [4.78, 5) is 26.7. The van der Waals surface area contributed by atoms with E-state index in [1.165, 1.54) is 4.57 Å². The molecule has 0 spiro atoms. The Balaban J connectivity index is 1.83. The largest absolute Gasteiger partial charge is 0.336 e. The third kappa shape index (κ3) is 2.93. The third-order valence-electron chi connectivity index (χ3n) is 4.43. The highest BCUT2D eigenvalue weighted by Gasteiger charge is 2.28. The summed E-state index contributed by atoms with van der Waals surface area (Å²) in [5.41, 5.74) is 2.09. The predicted octanol–water partition coefficient (Wildman–Crippen LogP) is 1.68. The molecule has 2 aromatic heterocycles. The van der Waals surface area contributed by atoms with Gasteiger partial charge in [-0.2, -0.15) is 5.10 Å². The van der Waals surface area contributed by atoms with Crippen LogP contribution in [0.25, 0.3) is 0 Å². The molecule has 1 atom stereocenters. The molecule has 0 N–H and O–H groups in total. The zero-order chi connectivity index (χ0) is 16.6. The minimum atomic E-state index is -0.245. The lowest BCUT2D eigenvalue weighted by Crippen LogP contribution is -2.43. The molecule has 6 nitrogen and oxygen atoms in total. The highest BCUT2D eigenvalue weighted by atomic mass is 16.2. The van der Waals surface area contributed by atoms with E-state index in [1.807, 2.05) is 24.6 Å². The van der Waals surface area contributed by atoms with Crippen LogP contribution in [0.2, 0.25) is 0 Å². The van der Waals surface area contributed by atoms with Crippen molar-refractivity contribution in [3.05, 3.63) is 51.7 Å². The summed E-state index contributed by atoms with van der Waals surface area (Å²) in [6.07, 6.45) is 3.58. The molecule has 122 valence electrons. The van der Waals surface area contributed by atoms with Gasteiger partial charge in [0.25, 0.3) is 11.5 Å². The van der Waals surface area contributed by atoms with Gasteiger partial charge in [-0.1, -0.05) is 0 Å². The molecule has 0 radical (unpaired) electrons. The summed E-state index contributed by atoms with van der Waals surface area (Å²) < 4.78 is 3.45. The molecule has 1 aliphatic rings. The van der Waals surface area contributed by atoms with Crippen LogP contribution in [0.15, 0.2) is 29.2 Å². The lowest BCUT2D eigenvalue weighted by atomic mass is 10.0. The standard InChI is InChI=1S/C17H22N4O2/c1-12-10-13(2)21(18-12)14-6-4-9-20(11-14)17(23)15-7-5-8-19(3)16(15)22/h5,7-8,10,14H,4,6,9,11H2,1-3H3/t14-/m1/s1. The van der Waals surface area contributed by atoms with Crippen LogP contribution in [-0.2, 0) is 7.05 Å². The van der Waals surface area contributed by atoms with E-state index >= 15 is 0 Å². The molecule has 1 saturated heterocycles. The second-order valence-electron chi connectivity index (χ2n) is 6.26. The first-order valence-corrected chi connectivity index (χ1v) is 7.95. The Hall–Kier alpha value is -2.37. The van der Waals surface area contributed by atoms with Gasteiger partial charge in [-0.3, -0.25) is 14.3 Å². The average molecular weight is 314 g/mol. The maximum absolute atomic E-state index is 12.7. The molecule has 0 bridgehead atoms. The highest BCUT2D eigenvalue weighted by Crippen LogP contribution is 2.23. The molecule has 1 amide bonds. The lowest BCUT2D eigenvalue weighted by Gasteiger charge is -2.33. The molecule has 0 saturated carbocycles. The Labute approximate surface area is 135 Å². The molecule has 0 aliphatic carbocycles. The van der Waals surface area contributed by atoms with Crippen LogP contribution in [0.3, 0.4) is 0 Å². The third-order valence-corrected chi connectivity index (χ3v) is 4.43. The molecule has 6 heteroatoms. The van der Waals surface area contributed by atoms with Gasteiger partial charge in [-0.05, 0) is 44.9 Å². The Morgan fingerprint density at radius 2 is 2.13 bits per heavy atom. The van der Waals surface area contributed by atoms with Gasteiger partial charge in [-0.15, -0.1) is 0 Å². The number of rotatable bonds is 2. The Morgan fingerprint density at radius 3 is 2.83 bits per heavy atom. The number of hydrogen-bond donors (Lipinski definition) is 0. The van der Waals surface area contributed by atoms with Gasteiger partial charge in [0.1, 0.15) is 5.56 Å². The Morgan fingerprint density at radius 1 is 1.35 bits per heavy atom. The van der Waals surface area contributed by atoms with Crippen molar-refractivity contribution in [3.8, 4) is 0 Å². The van der Waals surface area contributed by atoms with Crippen molar-refractivity contribution < 1.29 is 4.79 Å². The zero-order valence-corrected chi connectivity index (χ0v) is 13.8. The number of likely N-dealkylation sites (tertiary alicyclic amines) is 1. The molecular formula is C17H22N4O2. The van der Waals surface area contributed by atoms with Gasteiger partial charge in [0, 0.05) is 32.0 Å². The molecular weight excluding hydrogens is 292 g/mol. The number of hydrogen-bond acceptors (Lipinski definition) is 3. The summed E-state index contributed by atoms with van der Waals surface area (Å²) in [5, 5.41) is 4.54. The van der Waals surface area contributed by atoms with Gasteiger partial charge in [0.15, 0.2) is 0 Å². The predicted molar refractivity (Wildman–Crippen MR) is 87.6 cm³/mol. The van der Waals surface area contributed by atoms with Crippen molar-refractivity contribution in [2.24, 2.45) is 7.05 Å². The molecule has 23 heavy (non-hydrogen) atoms. The van der Waals surface area contributed by atoms with Crippen molar-refractivity contribution in [1.29, 1.82) is 0 Å². The first kappa shape index (κ1) is 15.5. The summed E-state index contributed by atoms with van der Waals surface area (Å²) in [5.74, 6) is -0.183. The van der Waals surface area contributed by atoms with E-state index in [2.05, 4.69) is 5.10 Å². The van der Waals surface area contributed by atoms with E-state index in [0.29, 0.717) is 13.1 Å². The molecule has 3 rings (SSSR count). The van der Waals surface area contributed by atoms with Gasteiger partial charge >= 0.3 is 0 Å². The van der Waals surface area contributed by atoms with Gasteiger partial charge < -0.3 is 9.47 Å². The van der Waals surface area contributed by atoms with Crippen molar-refractivity contribution in [2.75, 3.05) is 13.1 Å². The normalized spacial score (nSPS) is 18.2. The molecule has 1 fully saturated rings. The van der Waals surface area contributed by atoms with Crippen molar-refractivity contribution in [3.63, 3.8) is 0 Å². The van der Waals surface area contributed by atoms with E-state index < -0.39 is 0 Å². The molecule has 1 aliphatic heterocycles. The molecule has 3 heterocycles. The number of carbonyl (C=O) groups is 1. The second kappa shape index (κ2) is 6.02. The van der Waals surface area contributed by atoms with E-state index in [1.54, 1.807) is 30.3 Å². The smallest absolute Gasteiger partial charge is 0.263 e. The SMILES string of the molecule is Cc1cc(C)n([C@@H]2CCCN(C(=O)c3cccn(C)c3=O)C2)n1. The van der Waals surface area contributed by atoms with E-state index in [0.717, 1.165) is 24.2 Å². The fraction of sp³-hybridized carbons (Fsp3) is 0.471. The minimum Gasteiger partial charge on any atom is -0.336 e. The van der Waals surface area contributed by atoms with E-state index in [4.69, 9.17) is 0 Å². The fourth-order valence-corrected chi connectivity index (χ4v) is 3.29. The second-order valence-corrected chi connectivity index (χ2v) is 6.26. The quantitative estimate of drug-likeness (QED) is 0.847. The number of amides is 1. The first-order chi connectivity index (χ1) is 11.0. The maximum Gasteiger partial charge on any atom is 0.263 e. The lowest BCUT2D eigenvalue weighted by molar-refractivity contribution is 0.0669. The van der Waals surface area contributed by atoms with Crippen LogP contribution < -0.4 is 5.56 Å². The molecule has 0 aromatic carbocycles. The number of piperidine rings is 1. The summed E-state index contributed by atoms with van der Waals surface area (Å²) in [6.45, 7) is 5.29. The first-order valence-electron chi connectivity index (χ1n) is 7.95. The summed E-state index contributed by atoms with van der Waals surface area (Å²) >= 11 is 0. The van der Waals surface area contributed by atoms with E-state index in [9.17, 15) is 9.59 Å². The van der Waals surface area contributed by atoms with Crippen LogP contribution in [0.4, 0.5) is 0 Å². The average Bonchev–Trinajstić information content (AvgIpc) is 2.88. The Bertz CT molecular complexity index is 790. The molecule has 0 unspecified atom stereocenters. The van der Waals surface area contributed by atoms with Crippen LogP contribution >= 0.6 is 0 Å².